The van der Waals surface area contributed by atoms with Gasteiger partial charge in [0.1, 0.15) is 11.2 Å². The van der Waals surface area contributed by atoms with E-state index in [-0.39, 0.29) is 0 Å². The number of nitrogens with zero attached hydrogens (tertiary/aromatic N) is 2. The van der Waals surface area contributed by atoms with Gasteiger partial charge in [-0.25, -0.2) is 0 Å². The van der Waals surface area contributed by atoms with Gasteiger partial charge >= 0.3 is 0 Å². The van der Waals surface area contributed by atoms with Crippen LogP contribution < -0.4 is 4.90 Å². The van der Waals surface area contributed by atoms with Crippen LogP contribution in [0.2, 0.25) is 0 Å². The maximum atomic E-state index is 6.73. The number of anilines is 3. The molecule has 0 radical (unpaired) electrons. The standard InChI is InChI=1S/C52H36N2O/c1-33-16-27-49-46(30-33)47-31-34(2)17-28-50(47)54(49)38-21-19-37(20-22-38)53(48-29-26-40(35-10-4-3-5-11-35)42-14-8-9-15-43(42)48)39-23-25-44-45-24-18-36-12-6-7-13-41(36)52(45)55-51(44)32-39/h3-32H,1-2H3. The zero-order valence-electron chi connectivity index (χ0n) is 30.6. The minimum absolute atomic E-state index is 0.867. The van der Waals surface area contributed by atoms with E-state index in [1.807, 2.05) is 0 Å². The van der Waals surface area contributed by atoms with E-state index < -0.39 is 0 Å². The molecule has 0 bridgehead atoms. The molecule has 0 saturated carbocycles. The minimum atomic E-state index is 0.867. The molecule has 0 fully saturated rings. The molecule has 11 aromatic rings. The van der Waals surface area contributed by atoms with Gasteiger partial charge < -0.3 is 13.9 Å². The summed E-state index contributed by atoms with van der Waals surface area (Å²) < 4.78 is 9.12. The third kappa shape index (κ3) is 4.97. The molecule has 0 spiro atoms. The van der Waals surface area contributed by atoms with Crippen LogP contribution in [-0.2, 0) is 0 Å². The Hall–Kier alpha value is -7.10. The topological polar surface area (TPSA) is 21.3 Å². The molecule has 0 saturated heterocycles. The summed E-state index contributed by atoms with van der Waals surface area (Å²) >= 11 is 0. The van der Waals surface area contributed by atoms with Gasteiger partial charge in [0.2, 0.25) is 0 Å². The highest BCUT2D eigenvalue weighted by Gasteiger charge is 2.20. The fraction of sp³-hybridized carbons (Fsp3) is 0.0385. The van der Waals surface area contributed by atoms with Gasteiger partial charge in [0.25, 0.3) is 0 Å². The lowest BCUT2D eigenvalue weighted by molar-refractivity contribution is 0.672. The second-order valence-electron chi connectivity index (χ2n) is 14.7. The Kier molecular flexibility index (Phi) is 6.99. The molecule has 2 aromatic heterocycles. The summed E-state index contributed by atoms with van der Waals surface area (Å²) in [4.78, 5) is 2.38. The van der Waals surface area contributed by atoms with Gasteiger partial charge in [-0.1, -0.05) is 114 Å². The SMILES string of the molecule is Cc1ccc2c(c1)c1cc(C)ccc1n2-c1ccc(N(c2ccc3c(c2)oc2c4ccccc4ccc32)c2ccc(-c3ccccc3)c3ccccc23)cc1. The average Bonchev–Trinajstić information content (AvgIpc) is 3.76. The van der Waals surface area contributed by atoms with Gasteiger partial charge in [0, 0.05) is 55.4 Å². The molecule has 0 unspecified atom stereocenters. The van der Waals surface area contributed by atoms with E-state index in [4.69, 9.17) is 4.42 Å². The van der Waals surface area contributed by atoms with Gasteiger partial charge in [-0.3, -0.25) is 0 Å². The number of fused-ring (bicyclic) bond motifs is 9. The van der Waals surface area contributed by atoms with E-state index in [1.165, 1.54) is 60.2 Å². The maximum Gasteiger partial charge on any atom is 0.143 e. The lowest BCUT2D eigenvalue weighted by Gasteiger charge is -2.28. The Morgan fingerprint density at radius 3 is 1.82 bits per heavy atom. The first-order valence-corrected chi connectivity index (χ1v) is 18.9. The molecular weight excluding hydrogens is 669 g/mol. The molecule has 55 heavy (non-hydrogen) atoms. The number of rotatable bonds is 5. The molecule has 3 nitrogen and oxygen atoms in total. The minimum Gasteiger partial charge on any atom is -0.455 e. The molecule has 0 amide bonds. The van der Waals surface area contributed by atoms with Crippen molar-refractivity contribution in [2.24, 2.45) is 0 Å². The summed E-state index contributed by atoms with van der Waals surface area (Å²) in [6.45, 7) is 4.34. The van der Waals surface area contributed by atoms with Crippen LogP contribution >= 0.6 is 0 Å². The molecule has 0 aliphatic carbocycles. The van der Waals surface area contributed by atoms with Crippen molar-refractivity contribution in [2.45, 2.75) is 13.8 Å². The van der Waals surface area contributed by atoms with Crippen LogP contribution in [0.1, 0.15) is 11.1 Å². The number of aromatic nitrogens is 1. The summed E-state index contributed by atoms with van der Waals surface area (Å²) in [5.41, 5.74) is 13.5. The zero-order chi connectivity index (χ0) is 36.6. The molecule has 0 atom stereocenters. The summed E-state index contributed by atoms with van der Waals surface area (Å²) in [5.74, 6) is 0. The Balaban J connectivity index is 1.12. The van der Waals surface area contributed by atoms with E-state index in [1.54, 1.807) is 0 Å². The van der Waals surface area contributed by atoms with Crippen molar-refractivity contribution in [2.75, 3.05) is 4.90 Å². The Bertz CT molecular complexity index is 3220. The molecule has 2 heterocycles. The van der Waals surface area contributed by atoms with Crippen LogP contribution in [-0.4, -0.2) is 4.57 Å². The first-order valence-electron chi connectivity index (χ1n) is 18.9. The van der Waals surface area contributed by atoms with Gasteiger partial charge in [-0.05, 0) is 109 Å². The van der Waals surface area contributed by atoms with E-state index >= 15 is 0 Å². The number of furan rings is 1. The molecule has 0 aliphatic heterocycles. The molecule has 9 aromatic carbocycles. The number of aryl methyl sites for hydroxylation is 2. The molecule has 0 aliphatic rings. The molecule has 260 valence electrons. The second kappa shape index (κ2) is 12.2. The summed E-state index contributed by atoms with van der Waals surface area (Å²) in [6.07, 6.45) is 0. The van der Waals surface area contributed by atoms with Gasteiger partial charge in [0.05, 0.1) is 16.7 Å². The molecule has 3 heteroatoms. The van der Waals surface area contributed by atoms with Crippen LogP contribution in [0.5, 0.6) is 0 Å². The predicted octanol–water partition coefficient (Wildman–Crippen LogP) is 14.7. The van der Waals surface area contributed by atoms with Crippen molar-refractivity contribution in [1.29, 1.82) is 0 Å². The Labute approximate surface area is 318 Å². The lowest BCUT2D eigenvalue weighted by Crippen LogP contribution is -2.11. The Morgan fingerprint density at radius 1 is 0.436 bits per heavy atom. The van der Waals surface area contributed by atoms with Gasteiger partial charge in [0.15, 0.2) is 0 Å². The highest BCUT2D eigenvalue weighted by molar-refractivity contribution is 6.16. The van der Waals surface area contributed by atoms with Crippen molar-refractivity contribution in [3.8, 4) is 16.8 Å². The number of benzene rings is 9. The van der Waals surface area contributed by atoms with Gasteiger partial charge in [-0.2, -0.15) is 0 Å². The van der Waals surface area contributed by atoms with Crippen LogP contribution in [0.25, 0.3) is 82.1 Å². The predicted molar refractivity (Wildman–Crippen MR) is 233 cm³/mol. The highest BCUT2D eigenvalue weighted by Crippen LogP contribution is 2.44. The quantitative estimate of drug-likeness (QED) is 0.178. The van der Waals surface area contributed by atoms with E-state index in [9.17, 15) is 0 Å². The van der Waals surface area contributed by atoms with Crippen molar-refractivity contribution < 1.29 is 4.42 Å². The first kappa shape index (κ1) is 31.4. The Morgan fingerprint density at radius 2 is 1.07 bits per heavy atom. The van der Waals surface area contributed by atoms with Gasteiger partial charge in [-0.15, -0.1) is 0 Å². The summed E-state index contributed by atoms with van der Waals surface area (Å²) in [7, 11) is 0. The lowest BCUT2D eigenvalue weighted by atomic mass is 9.96. The largest absolute Gasteiger partial charge is 0.455 e. The highest BCUT2D eigenvalue weighted by atomic mass is 16.3. The van der Waals surface area contributed by atoms with E-state index in [0.717, 1.165) is 50.1 Å². The maximum absolute atomic E-state index is 6.73. The molecular formula is C52H36N2O. The van der Waals surface area contributed by atoms with E-state index in [0.29, 0.717) is 0 Å². The van der Waals surface area contributed by atoms with Crippen LogP contribution in [0.3, 0.4) is 0 Å². The summed E-state index contributed by atoms with van der Waals surface area (Å²) in [5, 5.41) is 9.49. The van der Waals surface area contributed by atoms with E-state index in [2.05, 4.69) is 205 Å². The van der Waals surface area contributed by atoms with Crippen molar-refractivity contribution >= 4 is 82.4 Å². The van der Waals surface area contributed by atoms with Crippen molar-refractivity contribution in [1.82, 2.24) is 4.57 Å². The average molecular weight is 705 g/mol. The third-order valence-corrected chi connectivity index (χ3v) is 11.3. The first-order chi connectivity index (χ1) is 27.1. The number of hydrogen-bond acceptors (Lipinski definition) is 2. The zero-order valence-corrected chi connectivity index (χ0v) is 30.6. The van der Waals surface area contributed by atoms with Crippen molar-refractivity contribution in [3.05, 3.63) is 193 Å². The van der Waals surface area contributed by atoms with Crippen molar-refractivity contribution in [3.63, 3.8) is 0 Å². The summed E-state index contributed by atoms with van der Waals surface area (Å²) in [6, 6.07) is 66.0. The smallest absolute Gasteiger partial charge is 0.143 e. The normalized spacial score (nSPS) is 11.8. The number of hydrogen-bond donors (Lipinski definition) is 0. The second-order valence-corrected chi connectivity index (χ2v) is 14.7. The van der Waals surface area contributed by atoms with Crippen LogP contribution in [0.15, 0.2) is 186 Å². The van der Waals surface area contributed by atoms with Crippen LogP contribution in [0, 0.1) is 13.8 Å². The fourth-order valence-electron chi connectivity index (χ4n) is 8.69. The van der Waals surface area contributed by atoms with Crippen LogP contribution in [0.4, 0.5) is 17.1 Å². The molecule has 11 rings (SSSR count). The molecule has 0 N–H and O–H groups in total. The third-order valence-electron chi connectivity index (χ3n) is 11.3. The monoisotopic (exact) mass is 704 g/mol. The fourth-order valence-corrected chi connectivity index (χ4v) is 8.69.